The summed E-state index contributed by atoms with van der Waals surface area (Å²) in [6.45, 7) is 10.2. The molecule has 0 aliphatic rings. The number of phenolic OH excluding ortho intramolecular Hbond substituents is 1. The van der Waals surface area contributed by atoms with Crippen molar-refractivity contribution in [2.45, 2.75) is 66.0 Å². The van der Waals surface area contributed by atoms with Crippen molar-refractivity contribution in [2.24, 2.45) is 5.73 Å². The fourth-order valence-electron chi connectivity index (χ4n) is 3.86. The highest BCUT2D eigenvalue weighted by atomic mass is 35.5. The van der Waals surface area contributed by atoms with Crippen LogP contribution in [0.5, 0.6) is 5.75 Å². The average Bonchev–Trinajstić information content (AvgIpc) is 2.69. The molecule has 0 aliphatic carbocycles. The van der Waals surface area contributed by atoms with Crippen LogP contribution in [0.3, 0.4) is 0 Å². The van der Waals surface area contributed by atoms with Crippen LogP contribution in [0, 0.1) is 27.7 Å². The highest BCUT2D eigenvalue weighted by molar-refractivity contribution is 5.89. The summed E-state index contributed by atoms with van der Waals surface area (Å²) in [6.07, 6.45) is 2.07. The molecular formula is C25H36ClN3O3. The number of amides is 2. The zero-order valence-corrected chi connectivity index (χ0v) is 20.4. The van der Waals surface area contributed by atoms with Crippen molar-refractivity contribution in [3.63, 3.8) is 0 Å². The van der Waals surface area contributed by atoms with E-state index in [1.807, 2.05) is 13.8 Å². The molecule has 2 atom stereocenters. The van der Waals surface area contributed by atoms with Crippen molar-refractivity contribution in [3.8, 4) is 5.75 Å². The van der Waals surface area contributed by atoms with Crippen LogP contribution in [0.2, 0.25) is 0 Å². The largest absolute Gasteiger partial charge is 0.508 e. The van der Waals surface area contributed by atoms with E-state index in [-0.39, 0.29) is 30.0 Å². The molecule has 32 heavy (non-hydrogen) atoms. The van der Waals surface area contributed by atoms with Gasteiger partial charge in [-0.3, -0.25) is 9.59 Å². The number of carbonyl (C=O) groups excluding carboxylic acids is 2. The lowest BCUT2D eigenvalue weighted by atomic mass is 9.96. The molecule has 0 heterocycles. The van der Waals surface area contributed by atoms with E-state index < -0.39 is 12.1 Å². The summed E-state index contributed by atoms with van der Waals surface area (Å²) in [7, 11) is 0. The Morgan fingerprint density at radius 2 is 1.53 bits per heavy atom. The molecule has 0 radical (unpaired) electrons. The first kappa shape index (κ1) is 27.5. The Kier molecular flexibility index (Phi) is 10.7. The van der Waals surface area contributed by atoms with Gasteiger partial charge in [0.05, 0.1) is 6.04 Å². The predicted octanol–water partition coefficient (Wildman–Crippen LogP) is 3.17. The Hall–Kier alpha value is -2.57. The average molecular weight is 462 g/mol. The highest BCUT2D eigenvalue weighted by Crippen LogP contribution is 2.21. The van der Waals surface area contributed by atoms with E-state index in [1.165, 1.54) is 16.7 Å². The van der Waals surface area contributed by atoms with E-state index in [4.69, 9.17) is 5.73 Å². The molecule has 0 aliphatic heterocycles. The molecule has 5 N–H and O–H groups in total. The minimum Gasteiger partial charge on any atom is -0.508 e. The topological polar surface area (TPSA) is 104 Å². The number of nitrogens with one attached hydrogen (secondary N) is 2. The molecule has 0 saturated carbocycles. The van der Waals surface area contributed by atoms with Crippen LogP contribution in [0.4, 0.5) is 0 Å². The second-order valence-electron chi connectivity index (χ2n) is 8.36. The molecular weight excluding hydrogens is 426 g/mol. The quantitative estimate of drug-likeness (QED) is 0.430. The van der Waals surface area contributed by atoms with Gasteiger partial charge >= 0.3 is 0 Å². The normalized spacial score (nSPS) is 12.4. The third-order valence-electron chi connectivity index (χ3n) is 5.74. The summed E-state index contributed by atoms with van der Waals surface area (Å²) in [5, 5.41) is 15.3. The van der Waals surface area contributed by atoms with E-state index in [1.54, 1.807) is 19.1 Å². The summed E-state index contributed by atoms with van der Waals surface area (Å²) in [4.78, 5) is 24.8. The number of hydrogen-bond donors (Lipinski definition) is 4. The number of halogens is 1. The van der Waals surface area contributed by atoms with Crippen molar-refractivity contribution < 1.29 is 14.7 Å². The first-order valence-corrected chi connectivity index (χ1v) is 10.8. The zero-order chi connectivity index (χ0) is 23.1. The maximum Gasteiger partial charge on any atom is 0.242 e. The zero-order valence-electron chi connectivity index (χ0n) is 19.6. The standard InChI is InChI=1S/C25H35N3O3.ClH/c1-15-8-6-9-16(2)21(15)10-7-11-27-24(30)19(5)28-25(31)23(26)14-22-17(3)12-20(29)13-18(22)4;/h6,8-9,12-13,19,23,29H,7,10-11,14,26H2,1-5H3,(H,27,30)(H,28,31);1H/t19-,23+;/m1./s1. The lowest BCUT2D eigenvalue weighted by Gasteiger charge is -2.19. The second-order valence-corrected chi connectivity index (χ2v) is 8.36. The Labute approximate surface area is 197 Å². The minimum atomic E-state index is -0.777. The molecule has 2 rings (SSSR count). The van der Waals surface area contributed by atoms with E-state index >= 15 is 0 Å². The van der Waals surface area contributed by atoms with E-state index in [0.717, 1.165) is 29.5 Å². The van der Waals surface area contributed by atoms with Gasteiger partial charge in [-0.05, 0) is 99.4 Å². The Bertz CT molecular complexity index is 903. The molecule has 2 aromatic carbocycles. The number of nitrogens with two attached hydrogens (primary N) is 1. The fraction of sp³-hybridized carbons (Fsp3) is 0.440. The second kappa shape index (κ2) is 12.5. The molecule has 0 saturated heterocycles. The van der Waals surface area contributed by atoms with Gasteiger partial charge in [0.1, 0.15) is 11.8 Å². The van der Waals surface area contributed by atoms with Crippen LogP contribution < -0.4 is 16.4 Å². The minimum absolute atomic E-state index is 0. The smallest absolute Gasteiger partial charge is 0.242 e. The monoisotopic (exact) mass is 461 g/mol. The number of phenols is 1. The van der Waals surface area contributed by atoms with Crippen LogP contribution in [0.25, 0.3) is 0 Å². The van der Waals surface area contributed by atoms with Crippen LogP contribution in [0.1, 0.15) is 46.7 Å². The predicted molar refractivity (Wildman–Crippen MR) is 131 cm³/mol. The number of aryl methyl sites for hydroxylation is 4. The Morgan fingerprint density at radius 3 is 2.09 bits per heavy atom. The number of benzene rings is 2. The Morgan fingerprint density at radius 1 is 0.969 bits per heavy atom. The first-order valence-electron chi connectivity index (χ1n) is 10.8. The van der Waals surface area contributed by atoms with Gasteiger partial charge < -0.3 is 21.5 Å². The van der Waals surface area contributed by atoms with Crippen LogP contribution in [0.15, 0.2) is 30.3 Å². The maximum absolute atomic E-state index is 12.5. The van der Waals surface area contributed by atoms with Crippen molar-refractivity contribution in [1.82, 2.24) is 10.6 Å². The van der Waals surface area contributed by atoms with Gasteiger partial charge in [-0.2, -0.15) is 0 Å². The van der Waals surface area contributed by atoms with Gasteiger partial charge in [-0.1, -0.05) is 18.2 Å². The first-order chi connectivity index (χ1) is 14.6. The van der Waals surface area contributed by atoms with Crippen LogP contribution in [-0.2, 0) is 22.4 Å². The number of rotatable bonds is 9. The van der Waals surface area contributed by atoms with Gasteiger partial charge in [0.15, 0.2) is 0 Å². The summed E-state index contributed by atoms with van der Waals surface area (Å²) in [5.74, 6) is -0.399. The lowest BCUT2D eigenvalue weighted by Crippen LogP contribution is -2.51. The Balaban J connectivity index is 0.00000512. The van der Waals surface area contributed by atoms with Crippen molar-refractivity contribution in [2.75, 3.05) is 6.54 Å². The van der Waals surface area contributed by atoms with Crippen LogP contribution >= 0.6 is 12.4 Å². The highest BCUT2D eigenvalue weighted by Gasteiger charge is 2.21. The molecule has 0 fully saturated rings. The van der Waals surface area contributed by atoms with Gasteiger partial charge in [-0.15, -0.1) is 12.4 Å². The van der Waals surface area contributed by atoms with Gasteiger partial charge in [0, 0.05) is 6.54 Å². The van der Waals surface area contributed by atoms with Crippen molar-refractivity contribution in [1.29, 1.82) is 0 Å². The summed E-state index contributed by atoms with van der Waals surface area (Å²) >= 11 is 0. The lowest BCUT2D eigenvalue weighted by molar-refractivity contribution is -0.129. The van der Waals surface area contributed by atoms with E-state index in [9.17, 15) is 14.7 Å². The molecule has 0 spiro atoms. The molecule has 2 amide bonds. The van der Waals surface area contributed by atoms with E-state index in [2.05, 4.69) is 42.7 Å². The molecule has 2 aromatic rings. The SMILES string of the molecule is Cc1cccc(C)c1CCCNC(=O)[C@@H](C)NC(=O)[C@@H](N)Cc1c(C)cc(O)cc1C.Cl. The molecule has 176 valence electrons. The molecule has 0 unspecified atom stereocenters. The van der Waals surface area contributed by atoms with E-state index in [0.29, 0.717) is 13.0 Å². The number of aromatic hydroxyl groups is 1. The van der Waals surface area contributed by atoms with Crippen molar-refractivity contribution >= 4 is 24.2 Å². The van der Waals surface area contributed by atoms with Crippen molar-refractivity contribution in [3.05, 3.63) is 63.7 Å². The summed E-state index contributed by atoms with van der Waals surface area (Å²) < 4.78 is 0. The maximum atomic E-state index is 12.5. The molecule has 6 nitrogen and oxygen atoms in total. The summed E-state index contributed by atoms with van der Waals surface area (Å²) in [6, 6.07) is 8.12. The molecule has 0 bridgehead atoms. The van der Waals surface area contributed by atoms with Gasteiger partial charge in [0.2, 0.25) is 11.8 Å². The fourth-order valence-corrected chi connectivity index (χ4v) is 3.86. The third-order valence-corrected chi connectivity index (χ3v) is 5.74. The summed E-state index contributed by atoms with van der Waals surface area (Å²) in [5.41, 5.74) is 12.6. The number of carbonyl (C=O) groups is 2. The molecule has 0 aromatic heterocycles. The molecule has 7 heteroatoms. The van der Waals surface area contributed by atoms with Gasteiger partial charge in [-0.25, -0.2) is 0 Å². The number of hydrogen-bond acceptors (Lipinski definition) is 4. The van der Waals surface area contributed by atoms with Gasteiger partial charge in [0.25, 0.3) is 0 Å². The third kappa shape index (κ3) is 7.53. The van der Waals surface area contributed by atoms with Crippen LogP contribution in [-0.4, -0.2) is 35.5 Å².